The zero-order valence-electron chi connectivity index (χ0n) is 14.8. The van der Waals surface area contributed by atoms with Gasteiger partial charge in [0.15, 0.2) is 0 Å². The van der Waals surface area contributed by atoms with Crippen molar-refractivity contribution in [2.24, 2.45) is 7.05 Å². The predicted octanol–water partition coefficient (Wildman–Crippen LogP) is 4.30. The molecule has 1 aliphatic rings. The molecule has 1 saturated heterocycles. The Labute approximate surface area is 157 Å². The minimum absolute atomic E-state index is 0.0934. The molecule has 0 aliphatic carbocycles. The Morgan fingerprint density at radius 1 is 1.19 bits per heavy atom. The molecular weight excluding hydrogens is 344 g/mol. The summed E-state index contributed by atoms with van der Waals surface area (Å²) < 4.78 is 2.13. The van der Waals surface area contributed by atoms with E-state index < -0.39 is 0 Å². The lowest BCUT2D eigenvalue weighted by atomic mass is 10.1. The van der Waals surface area contributed by atoms with E-state index in [-0.39, 0.29) is 11.9 Å². The summed E-state index contributed by atoms with van der Waals surface area (Å²) in [4.78, 5) is 24.6. The first-order valence-corrected chi connectivity index (χ1v) is 9.84. The van der Waals surface area contributed by atoms with Crippen molar-refractivity contribution in [3.8, 4) is 10.6 Å². The van der Waals surface area contributed by atoms with Gasteiger partial charge in [0.05, 0.1) is 12.2 Å². The van der Waals surface area contributed by atoms with Crippen molar-refractivity contribution in [2.75, 3.05) is 6.54 Å². The van der Waals surface area contributed by atoms with Crippen molar-refractivity contribution >= 4 is 17.2 Å². The average Bonchev–Trinajstić information content (AvgIpc) is 3.26. The van der Waals surface area contributed by atoms with E-state index >= 15 is 0 Å². The average molecular weight is 366 g/mol. The molecule has 134 valence electrons. The maximum atomic E-state index is 13.3. The molecule has 6 heteroatoms. The largest absolute Gasteiger partial charge is 0.353 e. The first kappa shape index (κ1) is 17.0. The summed E-state index contributed by atoms with van der Waals surface area (Å²) in [6.07, 6.45) is 11.7. The number of hydrogen-bond acceptors (Lipinski definition) is 4. The van der Waals surface area contributed by atoms with E-state index in [9.17, 15) is 4.79 Å². The molecule has 0 spiro atoms. The Balaban J connectivity index is 1.63. The maximum Gasteiger partial charge on any atom is 0.266 e. The Morgan fingerprint density at radius 3 is 2.81 bits per heavy atom. The number of amides is 1. The second-order valence-electron chi connectivity index (χ2n) is 6.67. The van der Waals surface area contributed by atoms with Gasteiger partial charge in [-0.15, -0.1) is 11.3 Å². The van der Waals surface area contributed by atoms with Crippen LogP contribution in [0.4, 0.5) is 0 Å². The van der Waals surface area contributed by atoms with E-state index in [0.717, 1.165) is 36.4 Å². The van der Waals surface area contributed by atoms with Crippen LogP contribution >= 0.6 is 11.3 Å². The molecule has 5 nitrogen and oxygen atoms in total. The first-order valence-electron chi connectivity index (χ1n) is 9.02. The topological polar surface area (TPSA) is 51.0 Å². The summed E-state index contributed by atoms with van der Waals surface area (Å²) in [5, 5.41) is 0.862. The summed E-state index contributed by atoms with van der Waals surface area (Å²) in [5.41, 5.74) is 2.21. The lowest BCUT2D eigenvalue weighted by molar-refractivity contribution is 0.0679. The van der Waals surface area contributed by atoms with Crippen molar-refractivity contribution in [1.82, 2.24) is 19.4 Å². The SMILES string of the molecule is Cn1cccc1C1CCCCCN1C(=O)c1cnc(-c2ccncc2)s1. The number of hydrogen-bond donors (Lipinski definition) is 0. The van der Waals surface area contributed by atoms with Crippen molar-refractivity contribution in [2.45, 2.75) is 31.7 Å². The number of nitrogens with zero attached hydrogens (tertiary/aromatic N) is 4. The van der Waals surface area contributed by atoms with Gasteiger partial charge in [0, 0.05) is 43.4 Å². The smallest absolute Gasteiger partial charge is 0.266 e. The molecule has 0 bridgehead atoms. The minimum Gasteiger partial charge on any atom is -0.353 e. The number of rotatable bonds is 3. The quantitative estimate of drug-likeness (QED) is 0.694. The third-order valence-corrected chi connectivity index (χ3v) is 6.02. The number of carbonyl (C=O) groups is 1. The van der Waals surface area contributed by atoms with Gasteiger partial charge >= 0.3 is 0 Å². The number of thiazole rings is 1. The standard InChI is InChI=1S/C20H22N4OS/c1-23-12-5-7-16(23)17-6-3-2-4-13-24(17)20(25)18-14-22-19(26-18)15-8-10-21-11-9-15/h5,7-12,14,17H,2-4,6,13H2,1H3. The van der Waals surface area contributed by atoms with Crippen LogP contribution in [0.15, 0.2) is 49.1 Å². The number of aryl methyl sites for hydroxylation is 1. The van der Waals surface area contributed by atoms with Crippen LogP contribution in [-0.4, -0.2) is 31.9 Å². The van der Waals surface area contributed by atoms with E-state index in [0.29, 0.717) is 4.88 Å². The summed E-state index contributed by atoms with van der Waals surface area (Å²) in [6.45, 7) is 0.803. The van der Waals surface area contributed by atoms with Crippen molar-refractivity contribution in [3.05, 3.63) is 59.6 Å². The lowest BCUT2D eigenvalue weighted by Crippen LogP contribution is -2.35. The molecule has 1 aliphatic heterocycles. The molecule has 1 fully saturated rings. The molecule has 1 amide bonds. The fourth-order valence-electron chi connectivity index (χ4n) is 3.62. The van der Waals surface area contributed by atoms with Crippen LogP contribution in [0, 0.1) is 0 Å². The Kier molecular flexibility index (Phi) is 4.84. The van der Waals surface area contributed by atoms with Crippen LogP contribution < -0.4 is 0 Å². The van der Waals surface area contributed by atoms with Crippen molar-refractivity contribution < 1.29 is 4.79 Å². The predicted molar refractivity (Wildman–Crippen MR) is 103 cm³/mol. The summed E-state index contributed by atoms with van der Waals surface area (Å²) in [7, 11) is 2.05. The third-order valence-electron chi connectivity index (χ3n) is 4.98. The molecule has 0 radical (unpaired) electrons. The Bertz CT molecular complexity index is 886. The highest BCUT2D eigenvalue weighted by Gasteiger charge is 2.30. The highest BCUT2D eigenvalue weighted by atomic mass is 32.1. The van der Waals surface area contributed by atoms with E-state index in [2.05, 4.69) is 39.9 Å². The van der Waals surface area contributed by atoms with Crippen LogP contribution in [0.1, 0.15) is 47.1 Å². The van der Waals surface area contributed by atoms with Crippen LogP contribution in [0.2, 0.25) is 0 Å². The van der Waals surface area contributed by atoms with E-state index in [1.807, 2.05) is 17.0 Å². The second kappa shape index (κ2) is 7.41. The van der Waals surface area contributed by atoms with Gasteiger partial charge in [-0.3, -0.25) is 9.78 Å². The van der Waals surface area contributed by atoms with Gasteiger partial charge in [-0.1, -0.05) is 12.8 Å². The number of pyridine rings is 1. The fraction of sp³-hybridized carbons (Fsp3) is 0.350. The molecule has 0 saturated carbocycles. The zero-order valence-corrected chi connectivity index (χ0v) is 15.7. The summed E-state index contributed by atoms with van der Waals surface area (Å²) in [6, 6.07) is 8.16. The second-order valence-corrected chi connectivity index (χ2v) is 7.70. The molecule has 3 aromatic heterocycles. The highest BCUT2D eigenvalue weighted by Crippen LogP contribution is 2.33. The zero-order chi connectivity index (χ0) is 17.9. The number of aromatic nitrogens is 3. The van der Waals surface area contributed by atoms with Gasteiger partial charge in [0.25, 0.3) is 5.91 Å². The van der Waals surface area contributed by atoms with E-state index in [1.54, 1.807) is 18.6 Å². The number of likely N-dealkylation sites (tertiary alicyclic amines) is 1. The van der Waals surface area contributed by atoms with Crippen LogP contribution in [0.25, 0.3) is 10.6 Å². The third kappa shape index (κ3) is 3.29. The summed E-state index contributed by atoms with van der Waals surface area (Å²) in [5.74, 6) is 0.0934. The monoisotopic (exact) mass is 366 g/mol. The van der Waals surface area contributed by atoms with Gasteiger partial charge in [-0.05, 0) is 37.1 Å². The summed E-state index contributed by atoms with van der Waals surface area (Å²) >= 11 is 1.46. The maximum absolute atomic E-state index is 13.3. The first-order chi connectivity index (χ1) is 12.7. The van der Waals surface area contributed by atoms with E-state index in [1.165, 1.54) is 23.5 Å². The van der Waals surface area contributed by atoms with Gasteiger partial charge in [-0.25, -0.2) is 4.98 Å². The molecule has 4 rings (SSSR count). The van der Waals surface area contributed by atoms with Crippen LogP contribution in [-0.2, 0) is 7.05 Å². The molecular formula is C20H22N4OS. The molecule has 1 unspecified atom stereocenters. The molecule has 4 heterocycles. The molecule has 26 heavy (non-hydrogen) atoms. The minimum atomic E-state index is 0.0934. The van der Waals surface area contributed by atoms with Gasteiger partial charge in [0.2, 0.25) is 0 Å². The van der Waals surface area contributed by atoms with Crippen molar-refractivity contribution in [1.29, 1.82) is 0 Å². The van der Waals surface area contributed by atoms with Crippen LogP contribution in [0.5, 0.6) is 0 Å². The lowest BCUT2D eigenvalue weighted by Gasteiger charge is -2.30. The van der Waals surface area contributed by atoms with Crippen LogP contribution in [0.3, 0.4) is 0 Å². The molecule has 0 aromatic carbocycles. The van der Waals surface area contributed by atoms with E-state index in [4.69, 9.17) is 0 Å². The molecule has 0 N–H and O–H groups in total. The Morgan fingerprint density at radius 2 is 2.04 bits per heavy atom. The number of carbonyl (C=O) groups excluding carboxylic acids is 1. The highest BCUT2D eigenvalue weighted by molar-refractivity contribution is 7.16. The fourth-order valence-corrected chi connectivity index (χ4v) is 4.50. The van der Waals surface area contributed by atoms with Crippen molar-refractivity contribution in [3.63, 3.8) is 0 Å². The normalized spacial score (nSPS) is 17.9. The molecule has 3 aromatic rings. The molecule has 1 atom stereocenters. The Hall–Kier alpha value is -2.47. The van der Waals surface area contributed by atoms with Gasteiger partial charge < -0.3 is 9.47 Å². The van der Waals surface area contributed by atoms with Gasteiger partial charge in [-0.2, -0.15) is 0 Å². The van der Waals surface area contributed by atoms with Gasteiger partial charge in [0.1, 0.15) is 9.88 Å².